The molecule has 0 atom stereocenters. The lowest BCUT2D eigenvalue weighted by molar-refractivity contribution is 0.429. The monoisotopic (exact) mass is 389 g/mol. The van der Waals surface area contributed by atoms with E-state index in [4.69, 9.17) is 4.52 Å². The van der Waals surface area contributed by atoms with Crippen molar-refractivity contribution in [1.29, 1.82) is 0 Å². The summed E-state index contributed by atoms with van der Waals surface area (Å²) < 4.78 is 46.8. The zero-order chi connectivity index (χ0) is 19.7. The van der Waals surface area contributed by atoms with Gasteiger partial charge in [0.05, 0.1) is 10.5 Å². The highest BCUT2D eigenvalue weighted by molar-refractivity contribution is 7.89. The Balaban J connectivity index is 2.01. The van der Waals surface area contributed by atoms with Crippen LogP contribution >= 0.6 is 0 Å². The van der Waals surface area contributed by atoms with Crippen LogP contribution in [0.5, 0.6) is 0 Å². The third-order valence-electron chi connectivity index (χ3n) is 4.23. The van der Waals surface area contributed by atoms with Crippen LogP contribution in [-0.2, 0) is 10.0 Å². The molecular formula is C19H20FN3O3S. The predicted octanol–water partition coefficient (Wildman–Crippen LogP) is 4.01. The van der Waals surface area contributed by atoms with Crippen LogP contribution in [0.2, 0.25) is 0 Å². The number of aromatic nitrogens is 2. The number of rotatable bonds is 6. The van der Waals surface area contributed by atoms with E-state index in [-0.39, 0.29) is 22.4 Å². The lowest BCUT2D eigenvalue weighted by atomic mass is 10.0. The second-order valence-corrected chi connectivity index (χ2v) is 8.42. The lowest BCUT2D eigenvalue weighted by Gasteiger charge is -2.24. The molecule has 0 saturated heterocycles. The highest BCUT2D eigenvalue weighted by Crippen LogP contribution is 2.29. The first kappa shape index (κ1) is 19.2. The number of hydrogen-bond donors (Lipinski definition) is 1. The third-order valence-corrected chi connectivity index (χ3v) is 5.99. The molecule has 2 aromatic carbocycles. The molecule has 1 heterocycles. The van der Waals surface area contributed by atoms with Gasteiger partial charge in [0.2, 0.25) is 15.8 Å². The predicted molar refractivity (Wildman–Crippen MR) is 99.8 cm³/mol. The molecule has 0 unspecified atom stereocenters. The molecule has 0 radical (unpaired) electrons. The van der Waals surface area contributed by atoms with Gasteiger partial charge in [0, 0.05) is 11.1 Å². The Morgan fingerprint density at radius 3 is 2.44 bits per heavy atom. The normalized spacial score (nSPS) is 12.3. The first-order valence-corrected chi connectivity index (χ1v) is 9.93. The van der Waals surface area contributed by atoms with Gasteiger partial charge in [-0.1, -0.05) is 24.2 Å². The number of halogens is 1. The Hall–Kier alpha value is -2.58. The summed E-state index contributed by atoms with van der Waals surface area (Å²) in [6.07, 6.45) is 0.629. The summed E-state index contributed by atoms with van der Waals surface area (Å²) in [4.78, 5) is 4.34. The van der Waals surface area contributed by atoms with Crippen molar-refractivity contribution >= 4 is 10.0 Å². The second kappa shape index (κ2) is 7.21. The van der Waals surface area contributed by atoms with Crippen LogP contribution in [0.3, 0.4) is 0 Å². The fourth-order valence-corrected chi connectivity index (χ4v) is 4.10. The quantitative estimate of drug-likeness (QED) is 0.688. The Morgan fingerprint density at radius 2 is 1.78 bits per heavy atom. The van der Waals surface area contributed by atoms with Crippen LogP contribution in [0, 0.1) is 5.82 Å². The maximum atomic E-state index is 13.1. The smallest absolute Gasteiger partial charge is 0.259 e. The maximum Gasteiger partial charge on any atom is 0.259 e. The SMILES string of the molecule is CCC(C)(C)NS(=O)(=O)c1ccccc1-c1nc(-c2ccc(F)cc2)no1. The van der Waals surface area contributed by atoms with Gasteiger partial charge in [-0.3, -0.25) is 0 Å². The third kappa shape index (κ3) is 4.23. The van der Waals surface area contributed by atoms with E-state index in [2.05, 4.69) is 14.9 Å². The van der Waals surface area contributed by atoms with Gasteiger partial charge >= 0.3 is 0 Å². The van der Waals surface area contributed by atoms with Gasteiger partial charge < -0.3 is 4.52 Å². The molecule has 0 aliphatic rings. The number of nitrogens with zero attached hydrogens (tertiary/aromatic N) is 2. The minimum absolute atomic E-state index is 0.0563. The van der Waals surface area contributed by atoms with Crippen LogP contribution in [0.1, 0.15) is 27.2 Å². The summed E-state index contributed by atoms with van der Waals surface area (Å²) in [5.41, 5.74) is 0.273. The second-order valence-electron chi connectivity index (χ2n) is 6.77. The summed E-state index contributed by atoms with van der Waals surface area (Å²) in [5.74, 6) is -0.0489. The molecule has 1 N–H and O–H groups in total. The highest BCUT2D eigenvalue weighted by Gasteiger charge is 2.28. The minimum Gasteiger partial charge on any atom is -0.334 e. The largest absolute Gasteiger partial charge is 0.334 e. The summed E-state index contributed by atoms with van der Waals surface area (Å²) >= 11 is 0. The lowest BCUT2D eigenvalue weighted by Crippen LogP contribution is -2.42. The first-order chi connectivity index (χ1) is 12.7. The number of benzene rings is 2. The van der Waals surface area contributed by atoms with Crippen LogP contribution in [0.4, 0.5) is 4.39 Å². The van der Waals surface area contributed by atoms with Crippen LogP contribution in [0.25, 0.3) is 22.8 Å². The van der Waals surface area contributed by atoms with Crippen LogP contribution in [-0.4, -0.2) is 24.1 Å². The van der Waals surface area contributed by atoms with Crippen LogP contribution < -0.4 is 4.72 Å². The molecule has 3 aromatic rings. The molecule has 0 saturated carbocycles. The molecule has 0 spiro atoms. The van der Waals surface area contributed by atoms with E-state index in [0.29, 0.717) is 17.5 Å². The standard InChI is InChI=1S/C19H20FN3O3S/c1-4-19(2,3)23-27(24,25)16-8-6-5-7-15(16)18-21-17(22-26-18)13-9-11-14(20)12-10-13/h5-12,23H,4H2,1-3H3. The topological polar surface area (TPSA) is 85.1 Å². The summed E-state index contributed by atoms with van der Waals surface area (Å²) in [5, 5.41) is 3.88. The Morgan fingerprint density at radius 1 is 1.11 bits per heavy atom. The average molecular weight is 389 g/mol. The van der Waals surface area contributed by atoms with Gasteiger partial charge in [0.25, 0.3) is 5.89 Å². The van der Waals surface area contributed by atoms with E-state index in [1.165, 1.54) is 30.3 Å². The first-order valence-electron chi connectivity index (χ1n) is 8.45. The molecule has 1 aromatic heterocycles. The van der Waals surface area contributed by atoms with Gasteiger partial charge in [-0.2, -0.15) is 4.98 Å². The van der Waals surface area contributed by atoms with E-state index in [0.717, 1.165) is 0 Å². The number of sulfonamides is 1. The van der Waals surface area contributed by atoms with E-state index in [1.54, 1.807) is 18.2 Å². The maximum absolute atomic E-state index is 13.1. The molecule has 0 amide bonds. The van der Waals surface area contributed by atoms with E-state index < -0.39 is 15.6 Å². The van der Waals surface area contributed by atoms with Crippen molar-refractivity contribution in [2.24, 2.45) is 0 Å². The molecule has 3 rings (SSSR count). The molecule has 0 aliphatic heterocycles. The van der Waals surface area contributed by atoms with Gasteiger partial charge in [0.15, 0.2) is 0 Å². The molecule has 142 valence electrons. The molecule has 6 nitrogen and oxygen atoms in total. The number of hydrogen-bond acceptors (Lipinski definition) is 5. The number of nitrogens with one attached hydrogen (secondary N) is 1. The average Bonchev–Trinajstić information content (AvgIpc) is 3.11. The van der Waals surface area contributed by atoms with Gasteiger partial charge in [-0.05, 0) is 56.7 Å². The van der Waals surface area contributed by atoms with Crippen molar-refractivity contribution in [2.45, 2.75) is 37.6 Å². The van der Waals surface area contributed by atoms with E-state index in [9.17, 15) is 12.8 Å². The van der Waals surface area contributed by atoms with Crippen molar-refractivity contribution in [3.05, 3.63) is 54.3 Å². The van der Waals surface area contributed by atoms with E-state index in [1.807, 2.05) is 20.8 Å². The molecule has 27 heavy (non-hydrogen) atoms. The molecule has 8 heteroatoms. The van der Waals surface area contributed by atoms with Gasteiger partial charge in [-0.15, -0.1) is 0 Å². The summed E-state index contributed by atoms with van der Waals surface area (Å²) in [7, 11) is -3.80. The fourth-order valence-electron chi connectivity index (χ4n) is 2.42. The zero-order valence-electron chi connectivity index (χ0n) is 15.2. The molecular weight excluding hydrogens is 369 g/mol. The summed E-state index contributed by atoms with van der Waals surface area (Å²) in [6, 6.07) is 12.1. The van der Waals surface area contributed by atoms with Gasteiger partial charge in [0.1, 0.15) is 5.82 Å². The van der Waals surface area contributed by atoms with Crippen molar-refractivity contribution < 1.29 is 17.3 Å². The fraction of sp³-hybridized carbons (Fsp3) is 0.263. The highest BCUT2D eigenvalue weighted by atomic mass is 32.2. The van der Waals surface area contributed by atoms with Crippen molar-refractivity contribution in [1.82, 2.24) is 14.9 Å². The van der Waals surface area contributed by atoms with Crippen molar-refractivity contribution in [3.8, 4) is 22.8 Å². The van der Waals surface area contributed by atoms with Crippen molar-refractivity contribution in [3.63, 3.8) is 0 Å². The molecule has 0 aliphatic carbocycles. The molecule has 0 fully saturated rings. The van der Waals surface area contributed by atoms with Crippen molar-refractivity contribution in [2.75, 3.05) is 0 Å². The van der Waals surface area contributed by atoms with Crippen LogP contribution in [0.15, 0.2) is 57.9 Å². The van der Waals surface area contributed by atoms with E-state index >= 15 is 0 Å². The summed E-state index contributed by atoms with van der Waals surface area (Å²) in [6.45, 7) is 5.53. The molecule has 0 bridgehead atoms. The Kier molecular flexibility index (Phi) is 5.12. The minimum atomic E-state index is -3.80. The zero-order valence-corrected chi connectivity index (χ0v) is 16.0. The Bertz CT molecular complexity index is 1040. The van der Waals surface area contributed by atoms with Gasteiger partial charge in [-0.25, -0.2) is 17.5 Å². The Labute approximate surface area is 157 Å².